The molecule has 6 aromatic rings. The van der Waals surface area contributed by atoms with Crippen molar-refractivity contribution in [3.8, 4) is 22.5 Å². The number of hydrogen-bond donors (Lipinski definition) is 0. The second-order valence-corrected chi connectivity index (χ2v) is 19.0. The first-order valence-electron chi connectivity index (χ1n) is 15.3. The second kappa shape index (κ2) is 13.9. The summed E-state index contributed by atoms with van der Waals surface area (Å²) in [6.07, 6.45) is 5.01. The Morgan fingerprint density at radius 2 is 1.64 bits per heavy atom. The molecule has 3 aromatic heterocycles. The van der Waals surface area contributed by atoms with Gasteiger partial charge in [0.25, 0.3) is 0 Å². The smallest absolute Gasteiger partial charge is 0.124 e. The first kappa shape index (κ1) is 34.4. The van der Waals surface area contributed by atoms with Gasteiger partial charge in [-0.25, -0.2) is 4.39 Å². The largest absolute Gasteiger partial charge is 0.501 e. The molecule has 3 nitrogen and oxygen atoms in total. The molecule has 0 amide bonds. The van der Waals surface area contributed by atoms with E-state index in [0.29, 0.717) is 17.1 Å². The van der Waals surface area contributed by atoms with Crippen LogP contribution in [0.5, 0.6) is 0 Å². The van der Waals surface area contributed by atoms with E-state index < -0.39 is 8.07 Å². The fraction of sp³-hybridized carbons (Fsp3) is 0.282. The number of aromatic nitrogens is 2. The summed E-state index contributed by atoms with van der Waals surface area (Å²) in [5.41, 5.74) is 8.07. The van der Waals surface area contributed by atoms with E-state index in [1.165, 1.54) is 28.4 Å². The number of halogens is 1. The van der Waals surface area contributed by atoms with Crippen molar-refractivity contribution in [1.82, 2.24) is 9.97 Å². The fourth-order valence-electron chi connectivity index (χ4n) is 5.44. The van der Waals surface area contributed by atoms with Crippen molar-refractivity contribution < 1.29 is 28.9 Å². The zero-order chi connectivity index (χ0) is 31.6. The number of nitrogens with zero attached hydrogens (tertiary/aromatic N) is 2. The fourth-order valence-corrected chi connectivity index (χ4v) is 7.01. The van der Waals surface area contributed by atoms with Crippen LogP contribution in [0, 0.1) is 23.4 Å². The summed E-state index contributed by atoms with van der Waals surface area (Å²) in [5, 5.41) is 3.14. The molecule has 0 N–H and O–H groups in total. The van der Waals surface area contributed by atoms with Gasteiger partial charge in [0.1, 0.15) is 11.4 Å². The van der Waals surface area contributed by atoms with Crippen LogP contribution in [0.4, 0.5) is 4.39 Å². The average molecular weight is 793 g/mol. The van der Waals surface area contributed by atoms with E-state index in [-0.39, 0.29) is 31.3 Å². The van der Waals surface area contributed by atoms with Gasteiger partial charge in [0.2, 0.25) is 0 Å². The maximum Gasteiger partial charge on any atom is 0.124 e. The van der Waals surface area contributed by atoms with E-state index in [9.17, 15) is 4.39 Å². The van der Waals surface area contributed by atoms with Gasteiger partial charge < -0.3 is 14.4 Å². The van der Waals surface area contributed by atoms with Crippen LogP contribution < -0.4 is 5.19 Å². The number of pyridine rings is 2. The van der Waals surface area contributed by atoms with Crippen molar-refractivity contribution in [2.45, 2.75) is 66.6 Å². The zero-order valence-electron chi connectivity index (χ0n) is 27.4. The molecule has 0 unspecified atom stereocenters. The Hall–Kier alpha value is -3.44. The minimum Gasteiger partial charge on any atom is -0.501 e. The number of benzene rings is 3. The Kier molecular flexibility index (Phi) is 10.6. The molecule has 0 aliphatic carbocycles. The van der Waals surface area contributed by atoms with Crippen molar-refractivity contribution in [3.05, 3.63) is 114 Å². The molecule has 235 valence electrons. The standard InChI is InChI=1S/C20H15FNO.C19H26NSi.Ir/c1-12(2)13-8-9-22-18(10-13)16-5-3-4-15-17-11-14(21)6-7-19(17)23-20(15)16;1-19(2,3)13-16-12-17(15-10-8-7-9-11-15)20-14-18(16)21(4,5)6;/h3-4,6-12H,1-2H3;7-10,12,14H,13H2,1-6H3;/q2*-1;. The topological polar surface area (TPSA) is 38.9 Å². The molecule has 0 aliphatic heterocycles. The minimum absolute atomic E-state index is 0. The summed E-state index contributed by atoms with van der Waals surface area (Å²) in [6.45, 7) is 18.4. The molecule has 0 atom stereocenters. The van der Waals surface area contributed by atoms with Gasteiger partial charge in [-0.1, -0.05) is 88.5 Å². The number of rotatable bonds is 5. The Morgan fingerprint density at radius 1 is 0.867 bits per heavy atom. The SMILES string of the molecule is CC(C)(C)Cc1cc(-c2[c-]cccc2)ncc1[Si](C)(C)C.CC(C)c1ccnc(-c2[c-]ccc3c2oc2ccc(F)cc23)c1.[Ir]. The summed E-state index contributed by atoms with van der Waals surface area (Å²) in [4.78, 5) is 9.17. The number of furan rings is 1. The summed E-state index contributed by atoms with van der Waals surface area (Å²) >= 11 is 0. The van der Waals surface area contributed by atoms with Gasteiger partial charge >= 0.3 is 0 Å². The molecular formula is C39H41FIrN2OSi-2. The first-order valence-corrected chi connectivity index (χ1v) is 18.8. The molecule has 3 aromatic carbocycles. The summed E-state index contributed by atoms with van der Waals surface area (Å²) in [5.74, 6) is 0.148. The predicted octanol–water partition coefficient (Wildman–Crippen LogP) is 10.4. The van der Waals surface area contributed by atoms with Gasteiger partial charge in [-0.15, -0.1) is 54.1 Å². The van der Waals surface area contributed by atoms with Crippen LogP contribution >= 0.6 is 0 Å². The third-order valence-electron chi connectivity index (χ3n) is 7.60. The molecule has 1 radical (unpaired) electrons. The van der Waals surface area contributed by atoms with E-state index in [1.807, 2.05) is 36.4 Å². The predicted molar refractivity (Wildman–Crippen MR) is 184 cm³/mol. The van der Waals surface area contributed by atoms with Crippen LogP contribution in [-0.4, -0.2) is 18.0 Å². The van der Waals surface area contributed by atoms with Crippen LogP contribution in [0.25, 0.3) is 44.5 Å². The Bertz CT molecular complexity index is 1900. The van der Waals surface area contributed by atoms with Gasteiger partial charge in [-0.3, -0.25) is 0 Å². The molecule has 6 rings (SSSR count). The molecule has 0 bridgehead atoms. The van der Waals surface area contributed by atoms with E-state index in [1.54, 1.807) is 12.3 Å². The summed E-state index contributed by atoms with van der Waals surface area (Å²) in [7, 11) is -1.37. The van der Waals surface area contributed by atoms with E-state index in [0.717, 1.165) is 39.7 Å². The summed E-state index contributed by atoms with van der Waals surface area (Å²) in [6, 6.07) is 29.2. The van der Waals surface area contributed by atoms with Gasteiger partial charge in [0.15, 0.2) is 0 Å². The van der Waals surface area contributed by atoms with Gasteiger partial charge in [-0.2, -0.15) is 0 Å². The molecule has 6 heteroatoms. The van der Waals surface area contributed by atoms with Crippen molar-refractivity contribution in [2.24, 2.45) is 5.41 Å². The average Bonchev–Trinajstić information content (AvgIpc) is 3.34. The number of fused-ring (bicyclic) bond motifs is 3. The molecule has 0 spiro atoms. The second-order valence-electron chi connectivity index (χ2n) is 14.0. The molecular weight excluding hydrogens is 752 g/mol. The van der Waals surface area contributed by atoms with E-state index in [2.05, 4.69) is 95.8 Å². The number of hydrogen-bond acceptors (Lipinski definition) is 3. The van der Waals surface area contributed by atoms with Gasteiger partial charge in [-0.05, 0) is 58.6 Å². The van der Waals surface area contributed by atoms with Crippen molar-refractivity contribution in [2.75, 3.05) is 0 Å². The molecule has 0 fully saturated rings. The maximum absolute atomic E-state index is 13.5. The normalized spacial score (nSPS) is 11.8. The molecule has 0 saturated heterocycles. The van der Waals surface area contributed by atoms with Crippen molar-refractivity contribution in [3.63, 3.8) is 0 Å². The quantitative estimate of drug-likeness (QED) is 0.129. The zero-order valence-corrected chi connectivity index (χ0v) is 30.8. The van der Waals surface area contributed by atoms with E-state index in [4.69, 9.17) is 9.40 Å². The van der Waals surface area contributed by atoms with Crippen LogP contribution in [0.2, 0.25) is 19.6 Å². The Balaban J connectivity index is 0.000000201. The third-order valence-corrected chi connectivity index (χ3v) is 9.67. The summed E-state index contributed by atoms with van der Waals surface area (Å²) < 4.78 is 19.5. The van der Waals surface area contributed by atoms with Crippen molar-refractivity contribution >= 4 is 35.2 Å². The minimum atomic E-state index is -1.37. The maximum atomic E-state index is 13.5. The van der Waals surface area contributed by atoms with Crippen LogP contribution in [-0.2, 0) is 26.5 Å². The monoisotopic (exact) mass is 793 g/mol. The molecule has 45 heavy (non-hydrogen) atoms. The van der Waals surface area contributed by atoms with Crippen molar-refractivity contribution in [1.29, 1.82) is 0 Å². The van der Waals surface area contributed by atoms with Crippen LogP contribution in [0.3, 0.4) is 0 Å². The first-order chi connectivity index (χ1) is 20.8. The van der Waals surface area contributed by atoms with E-state index >= 15 is 0 Å². The van der Waals surface area contributed by atoms with Crippen LogP contribution in [0.1, 0.15) is 51.7 Å². The molecule has 3 heterocycles. The third kappa shape index (κ3) is 8.24. The Morgan fingerprint density at radius 3 is 2.31 bits per heavy atom. The van der Waals surface area contributed by atoms with Crippen LogP contribution in [0.15, 0.2) is 89.6 Å². The van der Waals surface area contributed by atoms with Gasteiger partial charge in [0, 0.05) is 37.9 Å². The molecule has 0 saturated carbocycles. The Labute approximate surface area is 281 Å². The molecule has 0 aliphatic rings. The van der Waals surface area contributed by atoms with Gasteiger partial charge in [0.05, 0.1) is 13.7 Å².